The molecule has 1 amide bonds. The Balaban J connectivity index is 2.22. The molecule has 0 bridgehead atoms. The molecule has 88 valence electrons. The van der Waals surface area contributed by atoms with E-state index in [2.05, 4.69) is 26.2 Å². The molecule has 6 heteroatoms. The van der Waals surface area contributed by atoms with Gasteiger partial charge in [-0.3, -0.25) is 10.1 Å². The Morgan fingerprint density at radius 2 is 2.29 bits per heavy atom. The largest absolute Gasteiger partial charge is 0.298 e. The van der Waals surface area contributed by atoms with Crippen LogP contribution in [-0.2, 0) is 0 Å². The summed E-state index contributed by atoms with van der Waals surface area (Å²) in [7, 11) is 0. The summed E-state index contributed by atoms with van der Waals surface area (Å²) in [5.41, 5.74) is 1.04. The molecule has 3 nitrogen and oxygen atoms in total. The monoisotopic (exact) mass is 314 g/mol. The molecule has 1 heterocycles. The summed E-state index contributed by atoms with van der Waals surface area (Å²) >= 11 is 4.55. The van der Waals surface area contributed by atoms with Crippen LogP contribution in [0.1, 0.15) is 15.9 Å². The second-order valence-electron chi connectivity index (χ2n) is 3.38. The minimum Gasteiger partial charge on any atom is -0.298 e. The summed E-state index contributed by atoms with van der Waals surface area (Å²) in [6.07, 6.45) is 1.60. The van der Waals surface area contributed by atoms with Gasteiger partial charge >= 0.3 is 0 Å². The first-order chi connectivity index (χ1) is 8.06. The van der Waals surface area contributed by atoms with Gasteiger partial charge in [-0.25, -0.2) is 9.37 Å². The van der Waals surface area contributed by atoms with E-state index in [1.807, 2.05) is 0 Å². The summed E-state index contributed by atoms with van der Waals surface area (Å²) in [5, 5.41) is 3.10. The lowest BCUT2D eigenvalue weighted by molar-refractivity contribution is 0.102. The number of carbonyl (C=O) groups excluding carboxylic acids is 1. The number of aromatic nitrogens is 1. The molecule has 1 aromatic carbocycles. The number of nitrogens with one attached hydrogen (secondary N) is 1. The van der Waals surface area contributed by atoms with Crippen molar-refractivity contribution in [1.29, 1.82) is 0 Å². The summed E-state index contributed by atoms with van der Waals surface area (Å²) in [6.45, 7) is 1.76. The molecule has 2 rings (SSSR count). The topological polar surface area (TPSA) is 42.0 Å². The molecule has 0 atom stereocenters. The van der Waals surface area contributed by atoms with Gasteiger partial charge in [-0.05, 0) is 40.5 Å². The molecule has 0 spiro atoms. The number of carbonyl (C=O) groups is 1. The van der Waals surface area contributed by atoms with Gasteiger partial charge in [0.15, 0.2) is 5.13 Å². The number of rotatable bonds is 2. The summed E-state index contributed by atoms with van der Waals surface area (Å²) < 4.78 is 13.9. The fourth-order valence-electron chi connectivity index (χ4n) is 1.32. The zero-order valence-corrected chi connectivity index (χ0v) is 11.2. The van der Waals surface area contributed by atoms with Crippen molar-refractivity contribution in [2.24, 2.45) is 0 Å². The van der Waals surface area contributed by atoms with Crippen LogP contribution in [0, 0.1) is 12.7 Å². The van der Waals surface area contributed by atoms with Crippen LogP contribution in [-0.4, -0.2) is 10.9 Å². The number of amides is 1. The third-order valence-corrected chi connectivity index (χ3v) is 3.53. The van der Waals surface area contributed by atoms with Gasteiger partial charge in [0.2, 0.25) is 0 Å². The van der Waals surface area contributed by atoms with E-state index in [-0.39, 0.29) is 5.91 Å². The number of anilines is 1. The Morgan fingerprint density at radius 3 is 2.94 bits per heavy atom. The van der Waals surface area contributed by atoms with Crippen LogP contribution in [0.4, 0.5) is 9.52 Å². The van der Waals surface area contributed by atoms with E-state index in [4.69, 9.17) is 0 Å². The highest BCUT2D eigenvalue weighted by Crippen LogP contribution is 2.24. The van der Waals surface area contributed by atoms with E-state index in [0.717, 1.165) is 9.35 Å². The maximum Gasteiger partial charge on any atom is 0.257 e. The summed E-state index contributed by atoms with van der Waals surface area (Å²) in [5.74, 6) is -0.787. The molecule has 1 N–H and O–H groups in total. The average Bonchev–Trinajstić information content (AvgIpc) is 2.67. The van der Waals surface area contributed by atoms with Gasteiger partial charge in [-0.2, -0.15) is 0 Å². The van der Waals surface area contributed by atoms with Crippen molar-refractivity contribution in [1.82, 2.24) is 4.98 Å². The summed E-state index contributed by atoms with van der Waals surface area (Å²) in [4.78, 5) is 15.8. The zero-order valence-electron chi connectivity index (χ0n) is 8.83. The van der Waals surface area contributed by atoms with Crippen molar-refractivity contribution in [3.05, 3.63) is 45.1 Å². The standard InChI is InChI=1S/C11H8BrFN2OS/c1-6-2-3-7(13)4-8(6)10(16)15-11-14-5-9(12)17-11/h2-5H,1H3,(H,14,15,16). The van der Waals surface area contributed by atoms with Crippen molar-refractivity contribution in [3.8, 4) is 0 Å². The predicted molar refractivity (Wildman–Crippen MR) is 68.9 cm³/mol. The number of hydrogen-bond acceptors (Lipinski definition) is 3. The Bertz CT molecular complexity index is 570. The van der Waals surface area contributed by atoms with E-state index >= 15 is 0 Å². The molecule has 0 radical (unpaired) electrons. The van der Waals surface area contributed by atoms with Gasteiger partial charge in [0.05, 0.1) is 9.98 Å². The molecular weight excluding hydrogens is 307 g/mol. The molecule has 0 unspecified atom stereocenters. The van der Waals surface area contributed by atoms with Crippen molar-refractivity contribution in [3.63, 3.8) is 0 Å². The molecule has 0 saturated heterocycles. The Kier molecular flexibility index (Phi) is 3.54. The first-order valence-electron chi connectivity index (χ1n) is 4.75. The molecule has 2 aromatic rings. The van der Waals surface area contributed by atoms with Gasteiger partial charge in [0.25, 0.3) is 5.91 Å². The Hall–Kier alpha value is -1.27. The van der Waals surface area contributed by atoms with Crippen molar-refractivity contribution in [2.75, 3.05) is 5.32 Å². The van der Waals surface area contributed by atoms with Gasteiger partial charge in [0, 0.05) is 5.56 Å². The molecule has 1 aromatic heterocycles. The van der Waals surface area contributed by atoms with Gasteiger partial charge in [-0.15, -0.1) is 0 Å². The lowest BCUT2D eigenvalue weighted by Crippen LogP contribution is -2.13. The van der Waals surface area contributed by atoms with Crippen molar-refractivity contribution in [2.45, 2.75) is 6.92 Å². The molecule has 0 aliphatic rings. The fourth-order valence-corrected chi connectivity index (χ4v) is 2.42. The lowest BCUT2D eigenvalue weighted by Gasteiger charge is -2.05. The molecule has 0 saturated carbocycles. The normalized spacial score (nSPS) is 10.3. The summed E-state index contributed by atoms with van der Waals surface area (Å²) in [6, 6.07) is 4.11. The van der Waals surface area contributed by atoms with Gasteiger partial charge in [0.1, 0.15) is 5.82 Å². The van der Waals surface area contributed by atoms with E-state index in [9.17, 15) is 9.18 Å². The van der Waals surface area contributed by atoms with E-state index < -0.39 is 5.82 Å². The van der Waals surface area contributed by atoms with E-state index in [0.29, 0.717) is 10.7 Å². The van der Waals surface area contributed by atoms with Crippen molar-refractivity contribution < 1.29 is 9.18 Å². The zero-order chi connectivity index (χ0) is 12.4. The lowest BCUT2D eigenvalue weighted by atomic mass is 10.1. The molecule has 0 aliphatic heterocycles. The number of nitrogens with zero attached hydrogens (tertiary/aromatic N) is 1. The number of thiazole rings is 1. The van der Waals surface area contributed by atoms with Crippen LogP contribution < -0.4 is 5.32 Å². The number of aryl methyl sites for hydroxylation is 1. The van der Waals surface area contributed by atoms with Crippen LogP contribution in [0.25, 0.3) is 0 Å². The first-order valence-corrected chi connectivity index (χ1v) is 6.36. The van der Waals surface area contributed by atoms with Crippen LogP contribution in [0.3, 0.4) is 0 Å². The van der Waals surface area contributed by atoms with Crippen molar-refractivity contribution >= 4 is 38.3 Å². The third kappa shape index (κ3) is 2.89. The predicted octanol–water partition coefficient (Wildman–Crippen LogP) is 3.61. The van der Waals surface area contributed by atoms with E-state index in [1.165, 1.54) is 23.5 Å². The molecule has 0 aliphatic carbocycles. The first kappa shape index (κ1) is 12.2. The van der Waals surface area contributed by atoms with Crippen LogP contribution in [0.15, 0.2) is 28.2 Å². The minimum atomic E-state index is -0.430. The maximum absolute atomic E-state index is 13.0. The molecule has 0 fully saturated rings. The fraction of sp³-hybridized carbons (Fsp3) is 0.0909. The highest BCUT2D eigenvalue weighted by Gasteiger charge is 2.12. The number of halogens is 2. The number of hydrogen-bond donors (Lipinski definition) is 1. The SMILES string of the molecule is Cc1ccc(F)cc1C(=O)Nc1ncc(Br)s1. The number of benzene rings is 1. The van der Waals surface area contributed by atoms with Crippen LogP contribution in [0.2, 0.25) is 0 Å². The highest BCUT2D eigenvalue weighted by molar-refractivity contribution is 9.11. The maximum atomic E-state index is 13.0. The second-order valence-corrected chi connectivity index (χ2v) is 5.79. The minimum absolute atomic E-state index is 0.316. The van der Waals surface area contributed by atoms with E-state index in [1.54, 1.807) is 19.2 Å². The van der Waals surface area contributed by atoms with Gasteiger partial charge in [-0.1, -0.05) is 17.4 Å². The average molecular weight is 315 g/mol. The Morgan fingerprint density at radius 1 is 1.53 bits per heavy atom. The smallest absolute Gasteiger partial charge is 0.257 e. The van der Waals surface area contributed by atoms with Crippen LogP contribution in [0.5, 0.6) is 0 Å². The molecule has 17 heavy (non-hydrogen) atoms. The Labute approximate surface area is 110 Å². The van der Waals surface area contributed by atoms with Crippen LogP contribution >= 0.6 is 27.3 Å². The second kappa shape index (κ2) is 4.93. The quantitative estimate of drug-likeness (QED) is 0.920. The third-order valence-electron chi connectivity index (χ3n) is 2.14. The highest BCUT2D eigenvalue weighted by atomic mass is 79.9. The van der Waals surface area contributed by atoms with Gasteiger partial charge < -0.3 is 0 Å². The molecular formula is C11H8BrFN2OS.